The first-order valence-corrected chi connectivity index (χ1v) is 34.4. The van der Waals surface area contributed by atoms with Gasteiger partial charge in [0.25, 0.3) is 23.6 Å². The summed E-state index contributed by atoms with van der Waals surface area (Å²) in [5.74, 6) is 3.61. The van der Waals surface area contributed by atoms with Crippen LogP contribution in [0.1, 0.15) is 101 Å². The number of carbonyl (C=O) groups excluding carboxylic acids is 4. The molecule has 2 N–H and O–H groups in total. The Morgan fingerprint density at radius 3 is 1.00 bits per heavy atom. The fourth-order valence-electron chi connectivity index (χ4n) is 10.4. The molecular weight excluding hydrogens is 1480 g/mol. The number of anilines is 2. The highest BCUT2D eigenvalue weighted by Gasteiger charge is 2.33. The van der Waals surface area contributed by atoms with E-state index in [9.17, 15) is 36.7 Å². The summed E-state index contributed by atoms with van der Waals surface area (Å²) < 4.78 is 96.6. The number of fused-ring (bicyclic) bond motifs is 4. The number of para-hydroxylation sites is 4. The molecule has 0 saturated heterocycles. The molecule has 12 aromatic rings. The molecule has 8 heterocycles. The molecule has 532 valence electrons. The van der Waals surface area contributed by atoms with Gasteiger partial charge >= 0.3 is 0 Å². The molecule has 0 fully saturated rings. The van der Waals surface area contributed by atoms with Gasteiger partial charge < -0.3 is 57.0 Å². The van der Waals surface area contributed by atoms with E-state index in [1.165, 1.54) is 48.5 Å². The van der Waals surface area contributed by atoms with Crippen LogP contribution in [0, 0.1) is 23.3 Å². The van der Waals surface area contributed by atoms with Gasteiger partial charge in [0.1, 0.15) is 46.3 Å². The standard InChI is InChI=1S/C20H17FN2O3.C19H15FN2O3.C14H14N2O3.C13H12N2O3.2C6H4BrF/c21-14-8-10-15(11-9-14)23-12-4-7-17-19(20(23)24)26-18(22-17)13-25-16-5-2-1-3-6-16;20-13-6-8-14(9-7-13)22-11-10-16-18(19(22)23)25-17(21-16)12-24-15-4-2-1-3-5-15;17-14-13-11(7-4-8-15-14)16-12(19-13)9-18-10-5-2-1-3-6-10;16-13-12-10(6-7-14-13)15-11(18-12)8-17-9-4-2-1-3-5-9;2*7-5-1-3-6(8)4-2-5/h1-3,5-6,8-11H,4,7,12-13H2;1-9H,10-12H2;1-3,5-6H,4,7-9H2,(H,15,17);1-5H,6-8H2,(H,14,16);2*1-4H. The van der Waals surface area contributed by atoms with Gasteiger partial charge in [0.05, 0.1) is 22.8 Å². The van der Waals surface area contributed by atoms with E-state index in [2.05, 4.69) is 62.4 Å². The van der Waals surface area contributed by atoms with E-state index in [-0.39, 0.29) is 84.8 Å². The summed E-state index contributed by atoms with van der Waals surface area (Å²) in [7, 11) is 0. The third-order valence-corrected chi connectivity index (χ3v) is 16.5. The number of hydrogen-bond donors (Lipinski definition) is 2. The molecule has 4 aliphatic rings. The van der Waals surface area contributed by atoms with Crippen molar-refractivity contribution in [3.63, 3.8) is 0 Å². The summed E-state index contributed by atoms with van der Waals surface area (Å²) in [6.07, 6.45) is 4.31. The highest BCUT2D eigenvalue weighted by atomic mass is 79.9. The Kier molecular flexibility index (Phi) is 26.0. The fraction of sp³-hybridized carbons (Fsp3) is 0.179. The maximum Gasteiger partial charge on any atom is 0.296 e. The molecule has 0 spiro atoms. The predicted molar refractivity (Wildman–Crippen MR) is 382 cm³/mol. The van der Waals surface area contributed by atoms with Crippen LogP contribution in [0.15, 0.2) is 245 Å². The number of amides is 4. The minimum absolute atomic E-state index is 0.154. The Balaban J connectivity index is 0.000000130. The Morgan fingerprint density at radius 1 is 0.346 bits per heavy atom. The summed E-state index contributed by atoms with van der Waals surface area (Å²) in [6, 6.07) is 61.5. The van der Waals surface area contributed by atoms with Crippen LogP contribution in [0.5, 0.6) is 23.0 Å². The zero-order valence-corrected chi connectivity index (χ0v) is 58.7. The molecule has 0 atom stereocenters. The molecule has 0 saturated carbocycles. The molecule has 16 rings (SSSR count). The third kappa shape index (κ3) is 21.2. The van der Waals surface area contributed by atoms with Crippen molar-refractivity contribution < 1.29 is 73.4 Å². The number of ether oxygens (including phenoxy) is 4. The quantitative estimate of drug-likeness (QED) is 0.0962. The molecule has 4 aromatic heterocycles. The van der Waals surface area contributed by atoms with Crippen LogP contribution in [0.2, 0.25) is 0 Å². The molecule has 4 amide bonds. The molecule has 4 aliphatic heterocycles. The lowest BCUT2D eigenvalue weighted by Gasteiger charge is -2.25. The van der Waals surface area contributed by atoms with Crippen molar-refractivity contribution in [2.75, 3.05) is 36.0 Å². The van der Waals surface area contributed by atoms with E-state index in [0.29, 0.717) is 120 Å². The zero-order chi connectivity index (χ0) is 72.6. The van der Waals surface area contributed by atoms with Gasteiger partial charge in [-0.3, -0.25) is 19.2 Å². The van der Waals surface area contributed by atoms with Gasteiger partial charge in [-0.25, -0.2) is 37.5 Å². The minimum atomic E-state index is -0.339. The van der Waals surface area contributed by atoms with Crippen molar-refractivity contribution >= 4 is 66.9 Å². The number of oxazole rings is 4. The second kappa shape index (κ2) is 36.8. The van der Waals surface area contributed by atoms with Gasteiger partial charge in [-0.2, -0.15) is 0 Å². The van der Waals surface area contributed by atoms with Crippen LogP contribution in [0.25, 0.3) is 0 Å². The van der Waals surface area contributed by atoms with Gasteiger partial charge in [-0.1, -0.05) is 105 Å². The molecule has 0 unspecified atom stereocenters. The van der Waals surface area contributed by atoms with Crippen LogP contribution >= 0.6 is 31.9 Å². The largest absolute Gasteiger partial charge is 0.484 e. The number of carbonyl (C=O) groups is 4. The van der Waals surface area contributed by atoms with Crippen molar-refractivity contribution in [3.05, 3.63) is 320 Å². The SMILES string of the molecule is Fc1ccc(Br)cc1.Fc1ccc(Br)cc1.O=C1NCCCc2nc(COc3ccccc3)oc21.O=C1NCCc2nc(COc3ccccc3)oc21.O=C1c2oc(COc3ccccc3)nc2CCCN1c1ccc(F)cc1.O=C1c2oc(COc3ccccc3)nc2CCN1c1ccc(F)cc1. The Bertz CT molecular complexity index is 4660. The lowest BCUT2D eigenvalue weighted by Crippen LogP contribution is -2.37. The molecular formula is C78H66Br2F4N8O12. The van der Waals surface area contributed by atoms with Crippen molar-refractivity contribution in [1.82, 2.24) is 30.6 Å². The van der Waals surface area contributed by atoms with Gasteiger partial charge in [-0.15, -0.1) is 0 Å². The summed E-state index contributed by atoms with van der Waals surface area (Å²) in [5.41, 5.74) is 3.99. The number of nitrogens with zero attached hydrogens (tertiary/aromatic N) is 6. The molecule has 104 heavy (non-hydrogen) atoms. The molecule has 26 heteroatoms. The predicted octanol–water partition coefficient (Wildman–Crippen LogP) is 16.2. The van der Waals surface area contributed by atoms with Gasteiger partial charge in [0.15, 0.2) is 26.4 Å². The lowest BCUT2D eigenvalue weighted by atomic mass is 10.1. The highest BCUT2D eigenvalue weighted by Crippen LogP contribution is 2.29. The summed E-state index contributed by atoms with van der Waals surface area (Å²) in [4.78, 5) is 69.2. The zero-order valence-electron chi connectivity index (χ0n) is 55.5. The molecule has 20 nitrogen and oxygen atoms in total. The highest BCUT2D eigenvalue weighted by molar-refractivity contribution is 9.10. The molecule has 0 aliphatic carbocycles. The van der Waals surface area contributed by atoms with Crippen LogP contribution in [0.4, 0.5) is 28.9 Å². The summed E-state index contributed by atoms with van der Waals surface area (Å²) >= 11 is 6.36. The Labute approximate surface area is 611 Å². The van der Waals surface area contributed by atoms with Crippen LogP contribution in [0.3, 0.4) is 0 Å². The second-order valence-corrected chi connectivity index (χ2v) is 24.7. The first-order chi connectivity index (χ1) is 50.6. The van der Waals surface area contributed by atoms with Crippen molar-refractivity contribution in [2.24, 2.45) is 0 Å². The molecule has 8 aromatic carbocycles. The fourth-order valence-corrected chi connectivity index (χ4v) is 11.0. The Hall–Kier alpha value is -11.6. The number of aromatic nitrogens is 4. The summed E-state index contributed by atoms with van der Waals surface area (Å²) in [6.45, 7) is 3.04. The van der Waals surface area contributed by atoms with E-state index in [1.54, 1.807) is 58.3 Å². The number of rotatable bonds is 14. The number of nitrogens with one attached hydrogen (secondary N) is 2. The van der Waals surface area contributed by atoms with E-state index in [0.717, 1.165) is 45.4 Å². The number of aryl methyl sites for hydroxylation is 2. The minimum Gasteiger partial charge on any atom is -0.484 e. The maximum atomic E-state index is 13.2. The monoisotopic (exact) mass is 1540 g/mol. The van der Waals surface area contributed by atoms with Crippen LogP contribution in [-0.2, 0) is 52.1 Å². The Morgan fingerprint density at radius 2 is 0.644 bits per heavy atom. The van der Waals surface area contributed by atoms with Crippen molar-refractivity contribution in [1.29, 1.82) is 0 Å². The molecule has 0 radical (unpaired) electrons. The smallest absolute Gasteiger partial charge is 0.296 e. The topological polar surface area (TPSA) is 240 Å². The third-order valence-electron chi connectivity index (χ3n) is 15.5. The first-order valence-electron chi connectivity index (χ1n) is 32.8. The molecule has 0 bridgehead atoms. The van der Waals surface area contributed by atoms with Crippen LogP contribution < -0.4 is 39.4 Å². The normalized spacial score (nSPS) is 13.2. The second-order valence-electron chi connectivity index (χ2n) is 22.9. The number of halogens is 6. The maximum absolute atomic E-state index is 13.2. The summed E-state index contributed by atoms with van der Waals surface area (Å²) in [5, 5.41) is 5.49. The number of benzene rings is 8. The van der Waals surface area contributed by atoms with E-state index < -0.39 is 0 Å². The van der Waals surface area contributed by atoms with Gasteiger partial charge in [-0.05, 0) is 171 Å². The average Bonchev–Trinajstić information content (AvgIpc) is 1.64. The van der Waals surface area contributed by atoms with Crippen LogP contribution in [-0.4, -0.2) is 69.7 Å². The van der Waals surface area contributed by atoms with E-state index >= 15 is 0 Å². The number of hydrogen-bond acceptors (Lipinski definition) is 16. The van der Waals surface area contributed by atoms with Gasteiger partial charge in [0, 0.05) is 59.3 Å². The van der Waals surface area contributed by atoms with Gasteiger partial charge in [0.2, 0.25) is 46.6 Å². The first kappa shape index (κ1) is 73.6. The van der Waals surface area contributed by atoms with Crippen molar-refractivity contribution in [2.45, 2.75) is 65.0 Å². The average molecular weight is 1540 g/mol. The lowest BCUT2D eigenvalue weighted by molar-refractivity contribution is 0.0908. The van der Waals surface area contributed by atoms with E-state index in [1.807, 2.05) is 121 Å². The van der Waals surface area contributed by atoms with E-state index in [4.69, 9.17) is 36.6 Å². The van der Waals surface area contributed by atoms with Crippen molar-refractivity contribution in [3.8, 4) is 23.0 Å².